The number of halogens is 3. The summed E-state index contributed by atoms with van der Waals surface area (Å²) in [7, 11) is -5.51. The largest absolute Gasteiger partial charge is 0.523 e. The molecule has 5 nitrogen and oxygen atoms in total. The van der Waals surface area contributed by atoms with Gasteiger partial charge in [-0.05, 0) is 6.92 Å². The van der Waals surface area contributed by atoms with Crippen molar-refractivity contribution in [1.82, 2.24) is 0 Å². The molecule has 0 aliphatic rings. The van der Waals surface area contributed by atoms with Gasteiger partial charge in [-0.1, -0.05) is 0 Å². The molecule has 0 aliphatic carbocycles. The lowest BCUT2D eigenvalue weighted by Crippen LogP contribution is -2.27. The van der Waals surface area contributed by atoms with Crippen molar-refractivity contribution in [3.05, 3.63) is 0 Å². The van der Waals surface area contributed by atoms with Gasteiger partial charge in [0.25, 0.3) is 0 Å². The van der Waals surface area contributed by atoms with Crippen LogP contribution in [0.2, 0.25) is 0 Å². The lowest BCUT2D eigenvalue weighted by Gasteiger charge is -2.08. The first-order valence-electron chi connectivity index (χ1n) is 4.42. The monoisotopic (exact) mass is 266 g/mol. The van der Waals surface area contributed by atoms with E-state index in [1.807, 2.05) is 0 Å². The third-order valence-corrected chi connectivity index (χ3v) is 2.37. The minimum absolute atomic E-state index is 0.170. The van der Waals surface area contributed by atoms with Crippen molar-refractivity contribution >= 4 is 10.1 Å². The molecule has 0 amide bonds. The fourth-order valence-electron chi connectivity index (χ4n) is 0.634. The second kappa shape index (κ2) is 7.05. The summed E-state index contributed by atoms with van der Waals surface area (Å²) in [6.07, 6.45) is 0. The fraction of sp³-hybridized carbons (Fsp3) is 1.00. The summed E-state index contributed by atoms with van der Waals surface area (Å²) in [5.74, 6) is 0. The van der Waals surface area contributed by atoms with E-state index in [9.17, 15) is 21.6 Å². The Balaban J connectivity index is 3.60. The second-order valence-electron chi connectivity index (χ2n) is 2.53. The Morgan fingerprint density at radius 1 is 1.00 bits per heavy atom. The van der Waals surface area contributed by atoms with E-state index < -0.39 is 22.2 Å². The van der Waals surface area contributed by atoms with Gasteiger partial charge in [0.2, 0.25) is 0 Å². The quantitative estimate of drug-likeness (QED) is 0.371. The Labute approximate surface area is 91.6 Å². The maximum atomic E-state index is 11.7. The number of hydrogen-bond acceptors (Lipinski definition) is 5. The van der Waals surface area contributed by atoms with Gasteiger partial charge in [-0.25, -0.2) is 0 Å². The molecule has 9 heteroatoms. The summed E-state index contributed by atoms with van der Waals surface area (Å²) in [4.78, 5) is 0. The molecular formula is C7H13F3O5S. The molecule has 0 heterocycles. The third-order valence-electron chi connectivity index (χ3n) is 1.33. The van der Waals surface area contributed by atoms with Gasteiger partial charge in [-0.15, -0.1) is 0 Å². The molecule has 0 unspecified atom stereocenters. The summed E-state index contributed by atoms with van der Waals surface area (Å²) in [6.45, 7) is 1.82. The molecule has 0 radical (unpaired) electrons. The number of alkyl halides is 3. The van der Waals surface area contributed by atoms with E-state index in [0.717, 1.165) is 0 Å². The summed E-state index contributed by atoms with van der Waals surface area (Å²) >= 11 is 0. The average molecular weight is 266 g/mol. The van der Waals surface area contributed by atoms with Crippen molar-refractivity contribution in [2.24, 2.45) is 0 Å². The van der Waals surface area contributed by atoms with Crippen LogP contribution in [-0.4, -0.2) is 47.0 Å². The molecule has 98 valence electrons. The first kappa shape index (κ1) is 15.6. The van der Waals surface area contributed by atoms with E-state index in [1.165, 1.54) is 0 Å². The Bertz CT molecular complexity index is 274. The Kier molecular flexibility index (Phi) is 6.88. The topological polar surface area (TPSA) is 61.8 Å². The molecule has 0 saturated heterocycles. The summed E-state index contributed by atoms with van der Waals surface area (Å²) in [6, 6.07) is 0. The normalized spacial score (nSPS) is 13.0. The zero-order chi connectivity index (χ0) is 12.7. The highest BCUT2D eigenvalue weighted by molar-refractivity contribution is 7.87. The molecule has 0 spiro atoms. The van der Waals surface area contributed by atoms with Crippen molar-refractivity contribution in [3.8, 4) is 0 Å². The molecule has 0 saturated carbocycles. The van der Waals surface area contributed by atoms with E-state index in [1.54, 1.807) is 6.92 Å². The Morgan fingerprint density at radius 2 is 1.50 bits per heavy atom. The molecular weight excluding hydrogens is 253 g/mol. The highest BCUT2D eigenvalue weighted by atomic mass is 32.2. The van der Waals surface area contributed by atoms with E-state index in [-0.39, 0.29) is 13.2 Å². The van der Waals surface area contributed by atoms with Crippen LogP contribution in [0.5, 0.6) is 0 Å². The summed E-state index contributed by atoms with van der Waals surface area (Å²) < 4.78 is 69.2. The first-order chi connectivity index (χ1) is 7.31. The van der Waals surface area contributed by atoms with Crippen LogP contribution in [0.4, 0.5) is 13.2 Å². The highest BCUT2D eigenvalue weighted by Crippen LogP contribution is 2.24. The van der Waals surface area contributed by atoms with E-state index in [4.69, 9.17) is 9.47 Å². The van der Waals surface area contributed by atoms with Crippen LogP contribution in [-0.2, 0) is 23.8 Å². The first-order valence-corrected chi connectivity index (χ1v) is 5.83. The van der Waals surface area contributed by atoms with E-state index in [0.29, 0.717) is 13.2 Å². The van der Waals surface area contributed by atoms with Gasteiger partial charge in [0.15, 0.2) is 0 Å². The third kappa shape index (κ3) is 6.26. The molecule has 0 N–H and O–H groups in total. The number of rotatable bonds is 8. The zero-order valence-corrected chi connectivity index (χ0v) is 9.44. The Hall–Kier alpha value is -0.380. The van der Waals surface area contributed by atoms with Gasteiger partial charge in [0.1, 0.15) is 0 Å². The van der Waals surface area contributed by atoms with Crippen molar-refractivity contribution in [2.75, 3.05) is 33.0 Å². The van der Waals surface area contributed by atoms with Crippen LogP contribution in [0.3, 0.4) is 0 Å². The van der Waals surface area contributed by atoms with Gasteiger partial charge in [-0.3, -0.25) is 4.18 Å². The van der Waals surface area contributed by atoms with Gasteiger partial charge in [0, 0.05) is 6.61 Å². The van der Waals surface area contributed by atoms with Crippen LogP contribution >= 0.6 is 0 Å². The summed E-state index contributed by atoms with van der Waals surface area (Å²) in [5.41, 5.74) is -5.39. The molecule has 0 aromatic heterocycles. The SMILES string of the molecule is CCOCCOCCOS(=O)(=O)C(F)(F)F. The lowest BCUT2D eigenvalue weighted by molar-refractivity contribution is -0.0559. The molecule has 16 heavy (non-hydrogen) atoms. The van der Waals surface area contributed by atoms with Crippen LogP contribution in [0.15, 0.2) is 0 Å². The average Bonchev–Trinajstić information content (AvgIpc) is 2.14. The minimum atomic E-state index is -5.51. The molecule has 0 aliphatic heterocycles. The molecule has 0 rings (SSSR count). The molecule has 0 atom stereocenters. The highest BCUT2D eigenvalue weighted by Gasteiger charge is 2.47. The van der Waals surface area contributed by atoms with Gasteiger partial charge in [0.05, 0.1) is 26.4 Å². The van der Waals surface area contributed by atoms with Crippen molar-refractivity contribution in [3.63, 3.8) is 0 Å². The lowest BCUT2D eigenvalue weighted by atomic mass is 10.7. The predicted octanol–water partition coefficient (Wildman–Crippen LogP) is 0.906. The molecule has 0 aromatic rings. The van der Waals surface area contributed by atoms with E-state index in [2.05, 4.69) is 4.18 Å². The smallest absolute Gasteiger partial charge is 0.379 e. The summed E-state index contributed by atoms with van der Waals surface area (Å²) in [5, 5.41) is 0. The van der Waals surface area contributed by atoms with Crippen molar-refractivity contribution in [1.29, 1.82) is 0 Å². The van der Waals surface area contributed by atoms with Crippen molar-refractivity contribution in [2.45, 2.75) is 12.4 Å². The van der Waals surface area contributed by atoms with Crippen LogP contribution in [0, 0.1) is 0 Å². The Morgan fingerprint density at radius 3 is 2.00 bits per heavy atom. The minimum Gasteiger partial charge on any atom is -0.379 e. The van der Waals surface area contributed by atoms with Crippen LogP contribution < -0.4 is 0 Å². The van der Waals surface area contributed by atoms with Crippen LogP contribution in [0.25, 0.3) is 0 Å². The fourth-order valence-corrected chi connectivity index (χ4v) is 1.05. The maximum absolute atomic E-state index is 11.7. The second-order valence-corrected chi connectivity index (χ2v) is 4.14. The maximum Gasteiger partial charge on any atom is 0.523 e. The standard InChI is InChI=1S/C7H13F3O5S/c1-2-13-3-4-14-5-6-15-16(11,12)7(8,9)10/h2-6H2,1H3. The molecule has 0 fully saturated rings. The van der Waals surface area contributed by atoms with Gasteiger partial charge >= 0.3 is 15.6 Å². The number of ether oxygens (including phenoxy) is 2. The number of hydrogen-bond donors (Lipinski definition) is 0. The molecule has 0 bridgehead atoms. The predicted molar refractivity (Wildman–Crippen MR) is 48.2 cm³/mol. The van der Waals surface area contributed by atoms with E-state index >= 15 is 0 Å². The van der Waals surface area contributed by atoms with Crippen molar-refractivity contribution < 1.29 is 35.2 Å². The zero-order valence-electron chi connectivity index (χ0n) is 8.62. The molecule has 0 aromatic carbocycles. The van der Waals surface area contributed by atoms with Crippen LogP contribution in [0.1, 0.15) is 6.92 Å². The van der Waals surface area contributed by atoms with Gasteiger partial charge in [-0.2, -0.15) is 21.6 Å². The van der Waals surface area contributed by atoms with Gasteiger partial charge < -0.3 is 9.47 Å².